The van der Waals surface area contributed by atoms with Crippen molar-refractivity contribution in [3.8, 4) is 0 Å². The normalized spacial score (nSPS) is 21.3. The van der Waals surface area contributed by atoms with Crippen LogP contribution in [0, 0.1) is 10.1 Å². The summed E-state index contributed by atoms with van der Waals surface area (Å²) in [5, 5.41) is 29.1. The molecule has 2 rings (SSSR count). The molecule has 10 heteroatoms. The minimum atomic E-state index is -1.32. The zero-order chi connectivity index (χ0) is 15.7. The van der Waals surface area contributed by atoms with Gasteiger partial charge in [-0.15, -0.1) is 0 Å². The molecule has 21 heavy (non-hydrogen) atoms. The largest absolute Gasteiger partial charge is 0.480 e. The van der Waals surface area contributed by atoms with Crippen molar-refractivity contribution in [2.75, 3.05) is 6.54 Å². The molecule has 0 bridgehead atoms. The topological polar surface area (TPSA) is 154 Å². The highest BCUT2D eigenvalue weighted by Gasteiger charge is 2.40. The molecule has 3 N–H and O–H groups in total. The van der Waals surface area contributed by atoms with Gasteiger partial charge in [-0.1, -0.05) is 0 Å². The number of likely N-dealkylation sites (tertiary alicyclic amines) is 1. The summed E-state index contributed by atoms with van der Waals surface area (Å²) in [6, 6.07) is -0.490. The zero-order valence-electron chi connectivity index (χ0n) is 10.6. The second kappa shape index (κ2) is 5.32. The number of rotatable bonds is 3. The number of nitrogens with zero attached hydrogens (tertiary/aromatic N) is 2. The molecule has 1 saturated heterocycles. The highest BCUT2D eigenvalue weighted by Crippen LogP contribution is 2.21. The first kappa shape index (κ1) is 14.7. The molecule has 2 atom stereocenters. The van der Waals surface area contributed by atoms with Crippen LogP contribution in [0.2, 0.25) is 0 Å². The molecule has 112 valence electrons. The molecule has 1 aliphatic heterocycles. The fourth-order valence-corrected chi connectivity index (χ4v) is 2.16. The van der Waals surface area contributed by atoms with E-state index in [0.717, 1.165) is 17.2 Å². The summed E-state index contributed by atoms with van der Waals surface area (Å²) in [5.41, 5.74) is -1.90. The number of β-amino-alcohol motifs (C(OH)–C–C–N with tert-alkyl or cyclic N) is 1. The number of aliphatic hydroxyl groups is 1. The Labute approximate surface area is 116 Å². The smallest absolute Gasteiger partial charge is 0.326 e. The molecule has 0 spiro atoms. The van der Waals surface area contributed by atoms with Crippen LogP contribution in [0.4, 0.5) is 5.69 Å². The molecule has 1 aromatic heterocycles. The van der Waals surface area contributed by atoms with Crippen molar-refractivity contribution in [1.82, 2.24) is 9.88 Å². The number of carboxylic acids is 1. The van der Waals surface area contributed by atoms with Gasteiger partial charge in [0.05, 0.1) is 17.2 Å². The quantitative estimate of drug-likeness (QED) is 0.474. The van der Waals surface area contributed by atoms with Gasteiger partial charge in [-0.2, -0.15) is 0 Å². The number of aromatic nitrogens is 1. The lowest BCUT2D eigenvalue weighted by Gasteiger charge is -2.20. The van der Waals surface area contributed by atoms with E-state index < -0.39 is 45.8 Å². The summed E-state index contributed by atoms with van der Waals surface area (Å²) < 4.78 is 0. The predicted octanol–water partition coefficient (Wildman–Crippen LogP) is -1.06. The maximum Gasteiger partial charge on any atom is 0.326 e. The second-order valence-corrected chi connectivity index (χ2v) is 4.56. The molecule has 0 radical (unpaired) electrons. The van der Waals surface area contributed by atoms with Crippen molar-refractivity contribution in [3.05, 3.63) is 38.3 Å². The fraction of sp³-hybridized carbons (Fsp3) is 0.364. The molecule has 0 aliphatic carbocycles. The summed E-state index contributed by atoms with van der Waals surface area (Å²) >= 11 is 0. The first-order valence-corrected chi connectivity index (χ1v) is 5.90. The number of aliphatic hydroxyl groups excluding tert-OH is 1. The Morgan fingerprint density at radius 3 is 2.71 bits per heavy atom. The van der Waals surface area contributed by atoms with Gasteiger partial charge in [0.15, 0.2) is 0 Å². The number of nitrogens with one attached hydrogen (secondary N) is 1. The van der Waals surface area contributed by atoms with Crippen molar-refractivity contribution in [3.63, 3.8) is 0 Å². The molecule has 1 aromatic rings. The first-order valence-electron chi connectivity index (χ1n) is 5.90. The fourth-order valence-electron chi connectivity index (χ4n) is 2.16. The Bertz CT molecular complexity index is 668. The van der Waals surface area contributed by atoms with Crippen LogP contribution in [0.25, 0.3) is 0 Å². The van der Waals surface area contributed by atoms with E-state index in [9.17, 15) is 29.6 Å². The number of carbonyl (C=O) groups excluding carboxylic acids is 1. The third kappa shape index (κ3) is 2.74. The molecule has 1 unspecified atom stereocenters. The Hall–Kier alpha value is -2.75. The SMILES string of the molecule is O=C(O)[C@@H]1CC(O)CN1C(=O)c1cc([N+](=O)[O-])c[nH]c1=O. The van der Waals surface area contributed by atoms with Gasteiger partial charge in [-0.25, -0.2) is 4.79 Å². The second-order valence-electron chi connectivity index (χ2n) is 4.56. The maximum atomic E-state index is 12.2. The van der Waals surface area contributed by atoms with Crippen molar-refractivity contribution in [1.29, 1.82) is 0 Å². The van der Waals surface area contributed by atoms with E-state index in [-0.39, 0.29) is 13.0 Å². The average molecular weight is 297 g/mol. The van der Waals surface area contributed by atoms with Gasteiger partial charge in [0, 0.05) is 19.0 Å². The van der Waals surface area contributed by atoms with Gasteiger partial charge in [-0.3, -0.25) is 19.7 Å². The van der Waals surface area contributed by atoms with Gasteiger partial charge in [0.25, 0.3) is 17.2 Å². The van der Waals surface area contributed by atoms with Crippen molar-refractivity contribution in [2.45, 2.75) is 18.6 Å². The Morgan fingerprint density at radius 2 is 2.14 bits per heavy atom. The van der Waals surface area contributed by atoms with Gasteiger partial charge >= 0.3 is 5.97 Å². The number of hydrogen-bond acceptors (Lipinski definition) is 6. The molecule has 10 nitrogen and oxygen atoms in total. The number of aliphatic carboxylic acids is 1. The van der Waals surface area contributed by atoms with E-state index in [4.69, 9.17) is 5.11 Å². The van der Waals surface area contributed by atoms with Crippen LogP contribution in [0.3, 0.4) is 0 Å². The lowest BCUT2D eigenvalue weighted by molar-refractivity contribution is -0.385. The van der Waals surface area contributed by atoms with Crippen LogP contribution in [0.15, 0.2) is 17.1 Å². The number of pyridine rings is 1. The predicted molar refractivity (Wildman–Crippen MR) is 66.8 cm³/mol. The van der Waals surface area contributed by atoms with Crippen LogP contribution >= 0.6 is 0 Å². The number of H-pyrrole nitrogens is 1. The maximum absolute atomic E-state index is 12.2. The molecule has 0 aromatic carbocycles. The summed E-state index contributed by atoms with van der Waals surface area (Å²) in [4.78, 5) is 47.6. The number of carbonyl (C=O) groups is 2. The monoisotopic (exact) mass is 297 g/mol. The minimum absolute atomic E-state index is 0.159. The molecule has 0 saturated carbocycles. The van der Waals surface area contributed by atoms with Crippen molar-refractivity contribution < 1.29 is 24.7 Å². The van der Waals surface area contributed by atoms with Crippen LogP contribution in [-0.2, 0) is 4.79 Å². The molecule has 1 fully saturated rings. The Kier molecular flexibility index (Phi) is 3.72. The Balaban J connectivity index is 2.40. The van der Waals surface area contributed by atoms with Crippen LogP contribution in [-0.4, -0.2) is 55.6 Å². The number of aromatic amines is 1. The summed E-state index contributed by atoms with van der Waals surface area (Å²) in [5.74, 6) is -2.29. The van der Waals surface area contributed by atoms with Crippen LogP contribution in [0.1, 0.15) is 16.8 Å². The van der Waals surface area contributed by atoms with Gasteiger partial charge in [0.1, 0.15) is 11.6 Å². The van der Waals surface area contributed by atoms with Gasteiger partial charge in [0.2, 0.25) is 0 Å². The summed E-state index contributed by atoms with van der Waals surface area (Å²) in [6.45, 7) is -0.252. The van der Waals surface area contributed by atoms with E-state index in [1.807, 2.05) is 0 Å². The number of carboxylic acid groups (broad SMARTS) is 1. The standard InChI is InChI=1S/C11H11N3O7/c15-6-2-8(11(18)19)13(4-6)10(17)7-1-5(14(20)21)3-12-9(7)16/h1,3,6,8,15H,2,4H2,(H,12,16)(H,18,19)/t6?,8-/m0/s1. The van der Waals surface area contributed by atoms with E-state index in [2.05, 4.69) is 4.98 Å². The minimum Gasteiger partial charge on any atom is -0.480 e. The number of hydrogen-bond donors (Lipinski definition) is 3. The zero-order valence-corrected chi connectivity index (χ0v) is 10.6. The third-order valence-electron chi connectivity index (χ3n) is 3.15. The van der Waals surface area contributed by atoms with Crippen molar-refractivity contribution in [2.24, 2.45) is 0 Å². The lowest BCUT2D eigenvalue weighted by atomic mass is 10.2. The molecule has 1 aliphatic rings. The summed E-state index contributed by atoms with van der Waals surface area (Å²) in [6.07, 6.45) is -0.339. The summed E-state index contributed by atoms with van der Waals surface area (Å²) in [7, 11) is 0. The Morgan fingerprint density at radius 1 is 1.48 bits per heavy atom. The average Bonchev–Trinajstić information content (AvgIpc) is 2.80. The highest BCUT2D eigenvalue weighted by atomic mass is 16.6. The van der Waals surface area contributed by atoms with Crippen molar-refractivity contribution >= 4 is 17.6 Å². The van der Waals surface area contributed by atoms with E-state index >= 15 is 0 Å². The van der Waals surface area contributed by atoms with Crippen LogP contribution < -0.4 is 5.56 Å². The molecular weight excluding hydrogens is 286 g/mol. The molecule has 2 heterocycles. The molecule has 1 amide bonds. The van der Waals surface area contributed by atoms with Crippen LogP contribution in [0.5, 0.6) is 0 Å². The third-order valence-corrected chi connectivity index (χ3v) is 3.15. The lowest BCUT2D eigenvalue weighted by Crippen LogP contribution is -2.42. The number of nitro groups is 1. The molecular formula is C11H11N3O7. The van der Waals surface area contributed by atoms with E-state index in [1.54, 1.807) is 0 Å². The van der Waals surface area contributed by atoms with Gasteiger partial charge in [-0.05, 0) is 0 Å². The van der Waals surface area contributed by atoms with E-state index in [1.165, 1.54) is 0 Å². The van der Waals surface area contributed by atoms with Gasteiger partial charge < -0.3 is 20.1 Å². The highest BCUT2D eigenvalue weighted by molar-refractivity contribution is 5.97. The number of amides is 1. The van der Waals surface area contributed by atoms with E-state index in [0.29, 0.717) is 0 Å². The first-order chi connectivity index (χ1) is 9.81.